The molecule has 0 fully saturated rings. The average Bonchev–Trinajstić information content (AvgIpc) is 2.21. The Hall–Kier alpha value is -0.120. The Morgan fingerprint density at radius 1 is 1.07 bits per heavy atom. The smallest absolute Gasteiger partial charge is 0.0558 e. The number of methoxy groups -OCH3 is 1. The Morgan fingerprint density at radius 2 is 1.79 bits per heavy atom. The molecule has 0 atom stereocenters. The molecule has 0 radical (unpaired) electrons. The lowest BCUT2D eigenvalue weighted by molar-refractivity contribution is 0.187. The van der Waals surface area contributed by atoms with Crippen molar-refractivity contribution in [3.63, 3.8) is 0 Å². The van der Waals surface area contributed by atoms with Gasteiger partial charge in [0.25, 0.3) is 0 Å². The maximum absolute atomic E-state index is 8.78. The Balaban J connectivity index is 3.15. The molecule has 3 nitrogen and oxygen atoms in total. The Labute approximate surface area is 88.1 Å². The van der Waals surface area contributed by atoms with E-state index in [1.165, 1.54) is 25.7 Å². The minimum atomic E-state index is 0.275. The summed E-state index contributed by atoms with van der Waals surface area (Å²) in [5, 5.41) is 8.78. The van der Waals surface area contributed by atoms with E-state index in [2.05, 4.69) is 11.8 Å². The average molecular weight is 203 g/mol. The number of aliphatic hydroxyl groups excluding tert-OH is 1. The minimum Gasteiger partial charge on any atom is -0.395 e. The molecule has 1 N–H and O–H groups in total. The molecule has 86 valence electrons. The number of hydrogen-bond donors (Lipinski definition) is 1. The van der Waals surface area contributed by atoms with Gasteiger partial charge in [0.05, 0.1) is 6.61 Å². The molecular weight excluding hydrogens is 178 g/mol. The Bertz CT molecular complexity index is 109. The summed E-state index contributed by atoms with van der Waals surface area (Å²) < 4.78 is 4.99. The monoisotopic (exact) mass is 203 g/mol. The van der Waals surface area contributed by atoms with Crippen molar-refractivity contribution in [2.24, 2.45) is 0 Å². The zero-order valence-electron chi connectivity index (χ0n) is 9.67. The highest BCUT2D eigenvalue weighted by molar-refractivity contribution is 4.54. The van der Waals surface area contributed by atoms with E-state index in [1.54, 1.807) is 7.11 Å². The number of nitrogens with zero attached hydrogens (tertiary/aromatic N) is 1. The van der Waals surface area contributed by atoms with Crippen molar-refractivity contribution in [1.29, 1.82) is 0 Å². The lowest BCUT2D eigenvalue weighted by Gasteiger charge is -2.18. The fraction of sp³-hybridized carbons (Fsp3) is 1.00. The molecule has 0 aromatic heterocycles. The number of aliphatic hydroxyl groups is 1. The lowest BCUT2D eigenvalue weighted by atomic mass is 10.2. The first-order valence-electron chi connectivity index (χ1n) is 5.67. The molecule has 0 aromatic carbocycles. The predicted molar refractivity (Wildman–Crippen MR) is 59.5 cm³/mol. The van der Waals surface area contributed by atoms with E-state index in [4.69, 9.17) is 9.84 Å². The molecule has 0 bridgehead atoms. The number of rotatable bonds is 10. The first-order chi connectivity index (χ1) is 6.85. The van der Waals surface area contributed by atoms with Gasteiger partial charge in [-0.15, -0.1) is 0 Å². The van der Waals surface area contributed by atoms with Crippen LogP contribution in [0.15, 0.2) is 0 Å². The van der Waals surface area contributed by atoms with Crippen LogP contribution in [0.2, 0.25) is 0 Å². The number of unbranched alkanes of at least 4 members (excludes halogenated alkanes) is 3. The van der Waals surface area contributed by atoms with E-state index < -0.39 is 0 Å². The van der Waals surface area contributed by atoms with Crippen LogP contribution in [0, 0.1) is 0 Å². The maximum atomic E-state index is 8.78. The van der Waals surface area contributed by atoms with Crippen LogP contribution in [-0.2, 0) is 4.74 Å². The largest absolute Gasteiger partial charge is 0.395 e. The van der Waals surface area contributed by atoms with E-state index in [1.807, 2.05) is 0 Å². The Morgan fingerprint density at radius 3 is 2.36 bits per heavy atom. The summed E-state index contributed by atoms with van der Waals surface area (Å²) >= 11 is 0. The Kier molecular flexibility index (Phi) is 10.9. The lowest BCUT2D eigenvalue weighted by Crippen LogP contribution is -2.27. The summed E-state index contributed by atoms with van der Waals surface area (Å²) in [6.07, 6.45) is 4.93. The number of ether oxygens (including phenoxy) is 1. The summed E-state index contributed by atoms with van der Waals surface area (Å²) in [6, 6.07) is 0. The highest BCUT2D eigenvalue weighted by Gasteiger charge is 1.99. The van der Waals surface area contributed by atoms with Crippen LogP contribution < -0.4 is 0 Å². The fourth-order valence-corrected chi connectivity index (χ4v) is 1.50. The van der Waals surface area contributed by atoms with Crippen molar-refractivity contribution < 1.29 is 9.84 Å². The zero-order valence-corrected chi connectivity index (χ0v) is 9.67. The van der Waals surface area contributed by atoms with Crippen molar-refractivity contribution in [3.05, 3.63) is 0 Å². The van der Waals surface area contributed by atoms with Gasteiger partial charge in [0.1, 0.15) is 0 Å². The van der Waals surface area contributed by atoms with Gasteiger partial charge in [0.2, 0.25) is 0 Å². The summed E-state index contributed by atoms with van der Waals surface area (Å²) in [6.45, 7) is 6.27. The van der Waals surface area contributed by atoms with Crippen LogP contribution >= 0.6 is 0 Å². The van der Waals surface area contributed by atoms with Crippen molar-refractivity contribution in [1.82, 2.24) is 4.90 Å². The summed E-state index contributed by atoms with van der Waals surface area (Å²) in [5.74, 6) is 0. The first kappa shape index (κ1) is 13.9. The molecule has 0 aliphatic carbocycles. The van der Waals surface area contributed by atoms with Crippen LogP contribution in [0.1, 0.15) is 32.6 Å². The molecule has 14 heavy (non-hydrogen) atoms. The quantitative estimate of drug-likeness (QED) is 0.546. The van der Waals surface area contributed by atoms with Crippen molar-refractivity contribution in [2.75, 3.05) is 40.0 Å². The second-order valence-electron chi connectivity index (χ2n) is 3.56. The van der Waals surface area contributed by atoms with E-state index in [0.29, 0.717) is 0 Å². The summed E-state index contributed by atoms with van der Waals surface area (Å²) in [5.41, 5.74) is 0. The molecule has 0 unspecified atom stereocenters. The van der Waals surface area contributed by atoms with Crippen molar-refractivity contribution >= 4 is 0 Å². The van der Waals surface area contributed by atoms with Gasteiger partial charge in [-0.1, -0.05) is 19.8 Å². The van der Waals surface area contributed by atoms with Crippen LogP contribution in [0.25, 0.3) is 0 Å². The highest BCUT2D eigenvalue weighted by Crippen LogP contribution is 2.01. The zero-order chi connectivity index (χ0) is 10.6. The normalized spacial score (nSPS) is 11.1. The summed E-state index contributed by atoms with van der Waals surface area (Å²) in [4.78, 5) is 2.29. The minimum absolute atomic E-state index is 0.275. The predicted octanol–water partition coefficient (Wildman–Crippen LogP) is 1.51. The van der Waals surface area contributed by atoms with Gasteiger partial charge in [0, 0.05) is 20.3 Å². The van der Waals surface area contributed by atoms with Gasteiger partial charge >= 0.3 is 0 Å². The molecule has 0 amide bonds. The SMILES string of the molecule is CCN(CCO)CCCCCCOC. The maximum Gasteiger partial charge on any atom is 0.0558 e. The molecule has 0 aliphatic rings. The van der Waals surface area contributed by atoms with E-state index in [9.17, 15) is 0 Å². The topological polar surface area (TPSA) is 32.7 Å². The van der Waals surface area contributed by atoms with Crippen LogP contribution in [-0.4, -0.2) is 50.0 Å². The molecule has 0 heterocycles. The third kappa shape index (κ3) is 8.48. The molecule has 3 heteroatoms. The highest BCUT2D eigenvalue weighted by atomic mass is 16.5. The second kappa shape index (κ2) is 11.0. The first-order valence-corrected chi connectivity index (χ1v) is 5.67. The van der Waals surface area contributed by atoms with E-state index >= 15 is 0 Å². The van der Waals surface area contributed by atoms with E-state index in [0.717, 1.165) is 26.2 Å². The molecule has 0 aromatic rings. The molecule has 0 spiro atoms. The van der Waals surface area contributed by atoms with Crippen LogP contribution in [0.4, 0.5) is 0 Å². The van der Waals surface area contributed by atoms with Gasteiger partial charge in [0.15, 0.2) is 0 Å². The number of hydrogen-bond acceptors (Lipinski definition) is 3. The standard InChI is InChI=1S/C11H25NO2/c1-3-12(9-10-13)8-6-4-5-7-11-14-2/h13H,3-11H2,1-2H3. The molecule has 0 saturated carbocycles. The third-order valence-electron chi connectivity index (χ3n) is 2.44. The van der Waals surface area contributed by atoms with Crippen LogP contribution in [0.3, 0.4) is 0 Å². The third-order valence-corrected chi connectivity index (χ3v) is 2.44. The molecular formula is C11H25NO2. The van der Waals surface area contributed by atoms with Crippen molar-refractivity contribution in [2.45, 2.75) is 32.6 Å². The number of likely N-dealkylation sites (N-methyl/N-ethyl adjacent to an activating group) is 1. The van der Waals surface area contributed by atoms with Gasteiger partial charge in [-0.2, -0.15) is 0 Å². The van der Waals surface area contributed by atoms with Gasteiger partial charge in [-0.05, 0) is 25.9 Å². The molecule has 0 saturated heterocycles. The van der Waals surface area contributed by atoms with Crippen LogP contribution in [0.5, 0.6) is 0 Å². The second-order valence-corrected chi connectivity index (χ2v) is 3.56. The van der Waals surface area contributed by atoms with Gasteiger partial charge in [-0.25, -0.2) is 0 Å². The van der Waals surface area contributed by atoms with Crippen molar-refractivity contribution in [3.8, 4) is 0 Å². The van der Waals surface area contributed by atoms with E-state index in [-0.39, 0.29) is 6.61 Å². The molecule has 0 aliphatic heterocycles. The van der Waals surface area contributed by atoms with Gasteiger partial charge in [-0.3, -0.25) is 0 Å². The van der Waals surface area contributed by atoms with Gasteiger partial charge < -0.3 is 14.7 Å². The fourth-order valence-electron chi connectivity index (χ4n) is 1.50. The summed E-state index contributed by atoms with van der Waals surface area (Å²) in [7, 11) is 1.75. The molecule has 0 rings (SSSR count).